The summed E-state index contributed by atoms with van der Waals surface area (Å²) in [5.41, 5.74) is 0. The summed E-state index contributed by atoms with van der Waals surface area (Å²) in [5, 5.41) is 0. The smallest absolute Gasteiger partial charge is 0.334 e. The summed E-state index contributed by atoms with van der Waals surface area (Å²) >= 11 is 0. The number of unbranched alkanes of at least 4 members (excludes halogenated alkanes) is 1. The van der Waals surface area contributed by atoms with Crippen molar-refractivity contribution in [1.29, 1.82) is 0 Å². The van der Waals surface area contributed by atoms with E-state index in [0.717, 1.165) is 18.9 Å². The standard InChI is InChI=1S/C8H18O2Si/c1-5-6-7-8-11(4,9-2)10-3/h5H,1,6-8H2,2-4H3. The third-order valence-corrected chi connectivity index (χ3v) is 4.89. The van der Waals surface area contributed by atoms with E-state index in [4.69, 9.17) is 8.85 Å². The molecule has 0 saturated carbocycles. The summed E-state index contributed by atoms with van der Waals surface area (Å²) in [6, 6.07) is 1.05. The van der Waals surface area contributed by atoms with Crippen LogP contribution in [0.1, 0.15) is 12.8 Å². The highest BCUT2D eigenvalue weighted by Crippen LogP contribution is 2.14. The molecule has 0 aliphatic carbocycles. The van der Waals surface area contributed by atoms with E-state index in [-0.39, 0.29) is 0 Å². The SMILES string of the molecule is C=CCCC[Si](C)(OC)OC. The Morgan fingerprint density at radius 1 is 1.36 bits per heavy atom. The van der Waals surface area contributed by atoms with E-state index in [1.165, 1.54) is 0 Å². The van der Waals surface area contributed by atoms with Crippen LogP contribution in [0.2, 0.25) is 12.6 Å². The Balaban J connectivity index is 3.59. The lowest BCUT2D eigenvalue weighted by atomic mass is 10.3. The first-order valence-electron chi connectivity index (χ1n) is 3.89. The third-order valence-electron chi connectivity index (χ3n) is 1.90. The molecule has 11 heavy (non-hydrogen) atoms. The molecule has 0 unspecified atom stereocenters. The van der Waals surface area contributed by atoms with Crippen LogP contribution in [0.4, 0.5) is 0 Å². The molecule has 0 saturated heterocycles. The van der Waals surface area contributed by atoms with E-state index in [0.29, 0.717) is 0 Å². The van der Waals surface area contributed by atoms with Gasteiger partial charge in [0.2, 0.25) is 0 Å². The number of hydrogen-bond donors (Lipinski definition) is 0. The molecule has 0 bridgehead atoms. The molecular formula is C8H18O2Si. The highest BCUT2D eigenvalue weighted by atomic mass is 28.4. The molecule has 2 nitrogen and oxygen atoms in total. The van der Waals surface area contributed by atoms with Crippen molar-refractivity contribution in [3.8, 4) is 0 Å². The second-order valence-electron chi connectivity index (χ2n) is 2.72. The molecule has 0 aromatic heterocycles. The molecular weight excluding hydrogens is 156 g/mol. The van der Waals surface area contributed by atoms with Gasteiger partial charge in [0.25, 0.3) is 0 Å². The Morgan fingerprint density at radius 2 is 1.91 bits per heavy atom. The molecule has 0 heterocycles. The number of rotatable bonds is 6. The van der Waals surface area contributed by atoms with Gasteiger partial charge in [0.15, 0.2) is 0 Å². The zero-order valence-electron chi connectivity index (χ0n) is 7.72. The van der Waals surface area contributed by atoms with E-state index in [2.05, 4.69) is 13.1 Å². The molecule has 0 N–H and O–H groups in total. The van der Waals surface area contributed by atoms with Gasteiger partial charge in [-0.25, -0.2) is 0 Å². The minimum absolute atomic E-state index is 1.05. The first kappa shape index (κ1) is 10.9. The first-order chi connectivity index (χ1) is 5.18. The molecule has 0 rings (SSSR count). The van der Waals surface area contributed by atoms with Crippen molar-refractivity contribution >= 4 is 8.56 Å². The van der Waals surface area contributed by atoms with Crippen LogP contribution in [-0.2, 0) is 8.85 Å². The van der Waals surface area contributed by atoms with Gasteiger partial charge in [-0.15, -0.1) is 6.58 Å². The molecule has 0 amide bonds. The van der Waals surface area contributed by atoms with Crippen LogP contribution in [0.3, 0.4) is 0 Å². The van der Waals surface area contributed by atoms with Gasteiger partial charge in [-0.3, -0.25) is 0 Å². The molecule has 0 radical (unpaired) electrons. The van der Waals surface area contributed by atoms with Gasteiger partial charge < -0.3 is 8.85 Å². The second kappa shape index (κ2) is 5.52. The molecule has 0 fully saturated rings. The Bertz CT molecular complexity index is 111. The van der Waals surface area contributed by atoms with Crippen LogP contribution in [-0.4, -0.2) is 22.8 Å². The summed E-state index contributed by atoms with van der Waals surface area (Å²) < 4.78 is 10.6. The minimum Gasteiger partial charge on any atom is -0.398 e. The van der Waals surface area contributed by atoms with Crippen LogP contribution < -0.4 is 0 Å². The zero-order chi connectivity index (χ0) is 8.74. The topological polar surface area (TPSA) is 18.5 Å². The average molecular weight is 174 g/mol. The van der Waals surface area contributed by atoms with Gasteiger partial charge in [-0.1, -0.05) is 6.08 Å². The summed E-state index contributed by atoms with van der Waals surface area (Å²) in [4.78, 5) is 0. The molecule has 0 aliphatic rings. The van der Waals surface area contributed by atoms with Gasteiger partial charge in [0.05, 0.1) is 0 Å². The van der Waals surface area contributed by atoms with E-state index in [1.807, 2.05) is 6.08 Å². The molecule has 0 atom stereocenters. The quantitative estimate of drug-likeness (QED) is 0.349. The highest BCUT2D eigenvalue weighted by Gasteiger charge is 2.27. The summed E-state index contributed by atoms with van der Waals surface area (Å²) in [7, 11) is 1.67. The summed E-state index contributed by atoms with van der Waals surface area (Å²) in [6.45, 7) is 5.75. The van der Waals surface area contributed by atoms with Gasteiger partial charge in [0, 0.05) is 14.2 Å². The summed E-state index contributed by atoms with van der Waals surface area (Å²) in [5.74, 6) is 0. The van der Waals surface area contributed by atoms with Crippen LogP contribution in [0, 0.1) is 0 Å². The predicted molar refractivity (Wildman–Crippen MR) is 49.9 cm³/mol. The highest BCUT2D eigenvalue weighted by molar-refractivity contribution is 6.65. The zero-order valence-corrected chi connectivity index (χ0v) is 8.72. The van der Waals surface area contributed by atoms with Crippen molar-refractivity contribution in [2.24, 2.45) is 0 Å². The monoisotopic (exact) mass is 174 g/mol. The molecule has 3 heteroatoms. The fraction of sp³-hybridized carbons (Fsp3) is 0.750. The Labute approximate surface area is 70.5 Å². The van der Waals surface area contributed by atoms with Crippen LogP contribution in [0.25, 0.3) is 0 Å². The Hall–Kier alpha value is -0.123. The van der Waals surface area contributed by atoms with Crippen molar-refractivity contribution < 1.29 is 8.85 Å². The fourth-order valence-corrected chi connectivity index (χ4v) is 2.28. The van der Waals surface area contributed by atoms with Gasteiger partial charge in [-0.2, -0.15) is 0 Å². The van der Waals surface area contributed by atoms with E-state index in [9.17, 15) is 0 Å². The lowest BCUT2D eigenvalue weighted by molar-refractivity contribution is 0.248. The van der Waals surface area contributed by atoms with E-state index in [1.54, 1.807) is 14.2 Å². The fourth-order valence-electron chi connectivity index (χ4n) is 0.855. The summed E-state index contributed by atoms with van der Waals surface area (Å²) in [6.07, 6.45) is 4.10. The third kappa shape index (κ3) is 4.34. The molecule has 66 valence electrons. The minimum atomic E-state index is -1.78. The van der Waals surface area contributed by atoms with Crippen LogP contribution >= 0.6 is 0 Å². The van der Waals surface area contributed by atoms with E-state index >= 15 is 0 Å². The Morgan fingerprint density at radius 3 is 2.27 bits per heavy atom. The van der Waals surface area contributed by atoms with Crippen molar-refractivity contribution in [3.05, 3.63) is 12.7 Å². The molecule has 0 aromatic rings. The average Bonchev–Trinajstić information content (AvgIpc) is 2.05. The lowest BCUT2D eigenvalue weighted by Crippen LogP contribution is -2.35. The second-order valence-corrected chi connectivity index (χ2v) is 6.31. The van der Waals surface area contributed by atoms with Crippen molar-refractivity contribution in [2.75, 3.05) is 14.2 Å². The maximum atomic E-state index is 5.32. The molecule has 0 spiro atoms. The molecule has 0 aromatic carbocycles. The van der Waals surface area contributed by atoms with Gasteiger partial charge in [-0.05, 0) is 25.4 Å². The van der Waals surface area contributed by atoms with Crippen LogP contribution in [0.15, 0.2) is 12.7 Å². The number of allylic oxidation sites excluding steroid dienone is 1. The first-order valence-corrected chi connectivity index (χ1v) is 6.42. The largest absolute Gasteiger partial charge is 0.398 e. The van der Waals surface area contributed by atoms with Gasteiger partial charge in [0.1, 0.15) is 0 Å². The van der Waals surface area contributed by atoms with Crippen LogP contribution in [0.5, 0.6) is 0 Å². The normalized spacial score (nSPS) is 11.5. The lowest BCUT2D eigenvalue weighted by Gasteiger charge is -2.22. The van der Waals surface area contributed by atoms with Crippen molar-refractivity contribution in [1.82, 2.24) is 0 Å². The van der Waals surface area contributed by atoms with Crippen molar-refractivity contribution in [2.45, 2.75) is 25.4 Å². The maximum absolute atomic E-state index is 5.32. The van der Waals surface area contributed by atoms with Gasteiger partial charge >= 0.3 is 8.56 Å². The van der Waals surface area contributed by atoms with E-state index < -0.39 is 8.56 Å². The predicted octanol–water partition coefficient (Wildman–Crippen LogP) is 2.32. The maximum Gasteiger partial charge on any atom is 0.334 e. The Kier molecular flexibility index (Phi) is 5.46. The number of hydrogen-bond acceptors (Lipinski definition) is 2. The molecule has 0 aliphatic heterocycles. The van der Waals surface area contributed by atoms with Crippen molar-refractivity contribution in [3.63, 3.8) is 0 Å².